The molecule has 88 valence electrons. The molecule has 0 aromatic carbocycles. The zero-order valence-electron chi connectivity index (χ0n) is 9.64. The largest absolute Gasteiger partial charge is 0.285 e. The number of hydrogen-bond donors (Lipinski definition) is 0. The van der Waals surface area contributed by atoms with Crippen LogP contribution in [0.25, 0.3) is 0 Å². The van der Waals surface area contributed by atoms with Crippen molar-refractivity contribution in [2.75, 3.05) is 0 Å². The molecule has 17 heavy (non-hydrogen) atoms. The van der Waals surface area contributed by atoms with E-state index in [4.69, 9.17) is 0 Å². The van der Waals surface area contributed by atoms with Crippen molar-refractivity contribution in [2.45, 2.75) is 13.3 Å². The molecule has 0 aliphatic carbocycles. The van der Waals surface area contributed by atoms with Crippen LogP contribution < -0.4 is 0 Å². The lowest BCUT2D eigenvalue weighted by molar-refractivity contribution is 0.102. The number of carbonyl (C=O) groups is 1. The summed E-state index contributed by atoms with van der Waals surface area (Å²) in [6.07, 6.45) is 4.03. The lowest BCUT2D eigenvalue weighted by atomic mass is 10.1. The summed E-state index contributed by atoms with van der Waals surface area (Å²) in [6, 6.07) is 3.76. The lowest BCUT2D eigenvalue weighted by Crippen LogP contribution is -2.12. The fourth-order valence-electron chi connectivity index (χ4n) is 1.71. The lowest BCUT2D eigenvalue weighted by Gasteiger charge is -2.06. The van der Waals surface area contributed by atoms with Crippen LogP contribution in [0.15, 0.2) is 29.0 Å². The van der Waals surface area contributed by atoms with E-state index in [1.807, 2.05) is 19.1 Å². The molecule has 0 aliphatic heterocycles. The Labute approximate surface area is 108 Å². The minimum absolute atomic E-state index is 0.102. The molecule has 2 aromatic heterocycles. The third kappa shape index (κ3) is 2.15. The smallest absolute Gasteiger partial charge is 0.230 e. The average molecular weight is 294 g/mol. The standard InChI is InChI=1S/C12H12BrN3O/c1-3-8-5-4-6-14-10(8)12(17)11-9(13)7-15-16(11)2/h4-7H,3H2,1-2H3. The van der Waals surface area contributed by atoms with E-state index in [-0.39, 0.29) is 5.78 Å². The topological polar surface area (TPSA) is 47.8 Å². The molecule has 2 aromatic rings. The van der Waals surface area contributed by atoms with Crippen molar-refractivity contribution in [3.63, 3.8) is 0 Å². The first-order chi connectivity index (χ1) is 8.15. The van der Waals surface area contributed by atoms with Crippen molar-refractivity contribution in [1.82, 2.24) is 14.8 Å². The van der Waals surface area contributed by atoms with Crippen LogP contribution in [-0.2, 0) is 13.5 Å². The van der Waals surface area contributed by atoms with Gasteiger partial charge in [-0.15, -0.1) is 0 Å². The summed E-state index contributed by atoms with van der Waals surface area (Å²) in [5.41, 5.74) is 1.98. The molecule has 0 saturated heterocycles. The second-order valence-corrected chi connectivity index (χ2v) is 4.51. The summed E-state index contributed by atoms with van der Waals surface area (Å²) < 4.78 is 2.25. The quantitative estimate of drug-likeness (QED) is 0.817. The highest BCUT2D eigenvalue weighted by molar-refractivity contribution is 9.10. The van der Waals surface area contributed by atoms with Crippen LogP contribution in [0.2, 0.25) is 0 Å². The Bertz CT molecular complexity index is 543. The summed E-state index contributed by atoms with van der Waals surface area (Å²) in [6.45, 7) is 2.01. The number of pyridine rings is 1. The first kappa shape index (κ1) is 12.0. The van der Waals surface area contributed by atoms with E-state index >= 15 is 0 Å². The molecular weight excluding hydrogens is 282 g/mol. The van der Waals surface area contributed by atoms with Gasteiger partial charge in [0.15, 0.2) is 0 Å². The van der Waals surface area contributed by atoms with Gasteiger partial charge in [-0.3, -0.25) is 14.5 Å². The van der Waals surface area contributed by atoms with Gasteiger partial charge in [-0.25, -0.2) is 0 Å². The van der Waals surface area contributed by atoms with Crippen LogP contribution >= 0.6 is 15.9 Å². The molecule has 0 unspecified atom stereocenters. The van der Waals surface area contributed by atoms with Crippen LogP contribution in [0.1, 0.15) is 28.7 Å². The zero-order valence-corrected chi connectivity index (χ0v) is 11.2. The number of halogens is 1. The first-order valence-corrected chi connectivity index (χ1v) is 6.10. The fraction of sp³-hybridized carbons (Fsp3) is 0.250. The van der Waals surface area contributed by atoms with Crippen molar-refractivity contribution in [3.05, 3.63) is 46.0 Å². The summed E-state index contributed by atoms with van der Waals surface area (Å²) in [5, 5.41) is 4.04. The van der Waals surface area contributed by atoms with Gasteiger partial charge in [0.1, 0.15) is 11.4 Å². The molecule has 2 heterocycles. The number of nitrogens with zero attached hydrogens (tertiary/aromatic N) is 3. The van der Waals surface area contributed by atoms with Crippen LogP contribution in [0.3, 0.4) is 0 Å². The Balaban J connectivity index is 2.51. The molecule has 2 rings (SSSR count). The third-order valence-corrected chi connectivity index (χ3v) is 3.18. The molecule has 4 nitrogen and oxygen atoms in total. The molecule has 0 amide bonds. The zero-order chi connectivity index (χ0) is 12.4. The van der Waals surface area contributed by atoms with Crippen molar-refractivity contribution >= 4 is 21.7 Å². The summed E-state index contributed by atoms with van der Waals surface area (Å²) in [7, 11) is 1.74. The van der Waals surface area contributed by atoms with E-state index in [1.165, 1.54) is 0 Å². The predicted molar refractivity (Wildman–Crippen MR) is 68.0 cm³/mol. The molecule has 0 bridgehead atoms. The Morgan fingerprint density at radius 2 is 2.29 bits per heavy atom. The van der Waals surface area contributed by atoms with E-state index in [2.05, 4.69) is 26.0 Å². The molecule has 5 heteroatoms. The van der Waals surface area contributed by atoms with Crippen molar-refractivity contribution in [2.24, 2.45) is 7.05 Å². The van der Waals surface area contributed by atoms with Gasteiger partial charge in [0.25, 0.3) is 0 Å². The van der Waals surface area contributed by atoms with E-state index in [0.29, 0.717) is 15.9 Å². The van der Waals surface area contributed by atoms with E-state index in [1.54, 1.807) is 24.1 Å². The molecule has 0 radical (unpaired) electrons. The molecule has 0 aliphatic rings. The van der Waals surface area contributed by atoms with Gasteiger partial charge in [0.05, 0.1) is 10.7 Å². The van der Waals surface area contributed by atoms with Crippen LogP contribution in [0.5, 0.6) is 0 Å². The van der Waals surface area contributed by atoms with Crippen molar-refractivity contribution in [3.8, 4) is 0 Å². The average Bonchev–Trinajstić information content (AvgIpc) is 2.68. The second kappa shape index (κ2) is 4.79. The van der Waals surface area contributed by atoms with Crippen LogP contribution in [-0.4, -0.2) is 20.5 Å². The SMILES string of the molecule is CCc1cccnc1C(=O)c1c(Br)cnn1C. The van der Waals surface area contributed by atoms with Gasteiger partial charge < -0.3 is 0 Å². The molecule has 0 fully saturated rings. The normalized spacial score (nSPS) is 10.5. The number of aryl methyl sites for hydroxylation is 2. The number of rotatable bonds is 3. The second-order valence-electron chi connectivity index (χ2n) is 3.66. The minimum Gasteiger partial charge on any atom is -0.285 e. The predicted octanol–water partition coefficient (Wildman–Crippen LogP) is 2.37. The van der Waals surface area contributed by atoms with Gasteiger partial charge in [-0.1, -0.05) is 13.0 Å². The van der Waals surface area contributed by atoms with Gasteiger partial charge in [-0.2, -0.15) is 5.10 Å². The third-order valence-electron chi connectivity index (χ3n) is 2.60. The molecule has 0 N–H and O–H groups in total. The highest BCUT2D eigenvalue weighted by Gasteiger charge is 2.20. The Morgan fingerprint density at radius 3 is 2.88 bits per heavy atom. The fourth-order valence-corrected chi connectivity index (χ4v) is 2.23. The van der Waals surface area contributed by atoms with Crippen molar-refractivity contribution in [1.29, 1.82) is 0 Å². The summed E-state index contributed by atoms with van der Waals surface area (Å²) in [5.74, 6) is -0.102. The number of carbonyl (C=O) groups excluding carboxylic acids is 1. The maximum atomic E-state index is 12.4. The molecule has 0 atom stereocenters. The monoisotopic (exact) mass is 293 g/mol. The maximum Gasteiger partial charge on any atom is 0.230 e. The van der Waals surface area contributed by atoms with E-state index < -0.39 is 0 Å². The summed E-state index contributed by atoms with van der Waals surface area (Å²) in [4.78, 5) is 16.6. The molecule has 0 saturated carbocycles. The first-order valence-electron chi connectivity index (χ1n) is 5.31. The van der Waals surface area contributed by atoms with Gasteiger partial charge in [0, 0.05) is 13.2 Å². The van der Waals surface area contributed by atoms with Crippen molar-refractivity contribution < 1.29 is 4.79 Å². The highest BCUT2D eigenvalue weighted by atomic mass is 79.9. The Hall–Kier alpha value is -1.49. The maximum absolute atomic E-state index is 12.4. The summed E-state index contributed by atoms with van der Waals surface area (Å²) >= 11 is 3.33. The van der Waals surface area contributed by atoms with E-state index in [9.17, 15) is 4.79 Å². The molecular formula is C12H12BrN3O. The van der Waals surface area contributed by atoms with E-state index in [0.717, 1.165) is 12.0 Å². The Kier molecular flexibility index (Phi) is 3.38. The molecule has 0 spiro atoms. The highest BCUT2D eigenvalue weighted by Crippen LogP contribution is 2.20. The number of aromatic nitrogens is 3. The minimum atomic E-state index is -0.102. The van der Waals surface area contributed by atoms with Crippen LogP contribution in [0.4, 0.5) is 0 Å². The number of ketones is 1. The van der Waals surface area contributed by atoms with Gasteiger partial charge in [0.2, 0.25) is 5.78 Å². The number of hydrogen-bond acceptors (Lipinski definition) is 3. The van der Waals surface area contributed by atoms with Crippen LogP contribution in [0, 0.1) is 0 Å². The van der Waals surface area contributed by atoms with Gasteiger partial charge >= 0.3 is 0 Å². The van der Waals surface area contributed by atoms with Gasteiger partial charge in [-0.05, 0) is 34.0 Å². The Morgan fingerprint density at radius 1 is 1.53 bits per heavy atom.